The highest BCUT2D eigenvalue weighted by Crippen LogP contribution is 2.23. The number of carbonyl (C=O) groups is 9. The first-order valence-electron chi connectivity index (χ1n) is 26.9. The molecule has 0 aliphatic carbocycles. The summed E-state index contributed by atoms with van der Waals surface area (Å²) in [5, 5.41) is 50.7. The number of hydrogen-bond acceptors (Lipinski definition) is 11. The number of aromatic nitrogens is 3. The number of aromatic amines is 3. The third kappa shape index (κ3) is 16.2. The molecule has 15 N–H and O–H groups in total. The van der Waals surface area contributed by atoms with Gasteiger partial charge in [0, 0.05) is 77.0 Å². The molecule has 8 atom stereocenters. The Labute approximate surface area is 471 Å². The minimum absolute atomic E-state index is 0.0104. The SMILES string of the molecule is CC(C)C[C@H](NC(=O)[C@H](CO)NC(=O)[C@H](C)NC(=O)[C@@H](N)Cc1c[nH]c2ccccc12)C(=O)N[C@@H](Cc1c[nH]c2ccccc12)C(=O)N[C@@H](CCC(=O)O)C(=O)N[C@@H](Cc1c[nH]c2ccccc12)C(=O)N[C@@H](Cc1ccccc1)C(=O)O. The fourth-order valence-electron chi connectivity index (χ4n) is 9.62. The lowest BCUT2D eigenvalue weighted by Gasteiger charge is -2.28. The number of fused-ring (bicyclic) bond motifs is 3. The molecular formula is C59H69N11O12. The van der Waals surface area contributed by atoms with Gasteiger partial charge in [-0.05, 0) is 72.6 Å². The second-order valence-corrected chi connectivity index (χ2v) is 20.7. The highest BCUT2D eigenvalue weighted by molar-refractivity contribution is 5.99. The Morgan fingerprint density at radius 2 is 0.854 bits per heavy atom. The van der Waals surface area contributed by atoms with E-state index < -0.39 is 121 Å². The molecule has 23 heteroatoms. The van der Waals surface area contributed by atoms with Crippen molar-refractivity contribution in [1.29, 1.82) is 0 Å². The molecule has 3 aromatic heterocycles. The molecule has 82 heavy (non-hydrogen) atoms. The number of amides is 7. The summed E-state index contributed by atoms with van der Waals surface area (Å²) in [6.07, 6.45) is 3.56. The number of para-hydroxylation sites is 3. The van der Waals surface area contributed by atoms with Crippen LogP contribution in [0.1, 0.15) is 62.3 Å². The van der Waals surface area contributed by atoms with Crippen molar-refractivity contribution in [3.8, 4) is 0 Å². The summed E-state index contributed by atoms with van der Waals surface area (Å²) in [6.45, 7) is 3.99. The van der Waals surface area contributed by atoms with Crippen LogP contribution in [0.2, 0.25) is 0 Å². The Hall–Kier alpha value is -9.35. The summed E-state index contributed by atoms with van der Waals surface area (Å²) in [6, 6.07) is 19.0. The molecule has 0 radical (unpaired) electrons. The Balaban J connectivity index is 1.08. The molecule has 0 unspecified atom stereocenters. The van der Waals surface area contributed by atoms with Crippen molar-refractivity contribution in [2.75, 3.05) is 6.61 Å². The van der Waals surface area contributed by atoms with Crippen molar-refractivity contribution in [3.05, 3.63) is 144 Å². The Morgan fingerprint density at radius 3 is 1.33 bits per heavy atom. The van der Waals surface area contributed by atoms with E-state index >= 15 is 0 Å². The zero-order valence-electron chi connectivity index (χ0n) is 45.5. The van der Waals surface area contributed by atoms with Crippen LogP contribution in [0, 0.1) is 5.92 Å². The van der Waals surface area contributed by atoms with Crippen molar-refractivity contribution >= 4 is 86.0 Å². The third-order valence-corrected chi connectivity index (χ3v) is 14.0. The van der Waals surface area contributed by atoms with E-state index in [1.54, 1.807) is 111 Å². The largest absolute Gasteiger partial charge is 0.481 e. The van der Waals surface area contributed by atoms with Crippen LogP contribution in [0.5, 0.6) is 0 Å². The van der Waals surface area contributed by atoms with E-state index in [4.69, 9.17) is 5.73 Å². The van der Waals surface area contributed by atoms with Crippen molar-refractivity contribution in [2.24, 2.45) is 11.7 Å². The first kappa shape index (κ1) is 60.3. The number of rotatable bonds is 29. The van der Waals surface area contributed by atoms with Gasteiger partial charge in [-0.25, -0.2) is 4.79 Å². The molecular weight excluding hydrogens is 1050 g/mol. The number of carbonyl (C=O) groups excluding carboxylic acids is 7. The van der Waals surface area contributed by atoms with Gasteiger partial charge in [-0.2, -0.15) is 0 Å². The van der Waals surface area contributed by atoms with Gasteiger partial charge in [-0.15, -0.1) is 0 Å². The summed E-state index contributed by atoms with van der Waals surface area (Å²) in [7, 11) is 0. The monoisotopic (exact) mass is 1120 g/mol. The molecule has 0 aliphatic rings. The minimum atomic E-state index is -1.65. The number of carboxylic acid groups (broad SMARTS) is 2. The Morgan fingerprint density at radius 1 is 0.451 bits per heavy atom. The second-order valence-electron chi connectivity index (χ2n) is 20.7. The fourth-order valence-corrected chi connectivity index (χ4v) is 9.62. The maximum absolute atomic E-state index is 14.8. The van der Waals surface area contributed by atoms with Crippen LogP contribution in [0.25, 0.3) is 32.7 Å². The summed E-state index contributed by atoms with van der Waals surface area (Å²) < 4.78 is 0. The number of hydrogen-bond donors (Lipinski definition) is 14. The zero-order chi connectivity index (χ0) is 59.0. The number of H-pyrrole nitrogens is 3. The Kier molecular flexibility index (Phi) is 20.7. The predicted molar refractivity (Wildman–Crippen MR) is 304 cm³/mol. The first-order valence-corrected chi connectivity index (χ1v) is 26.9. The van der Waals surface area contributed by atoms with Gasteiger partial charge in [0.15, 0.2) is 0 Å². The van der Waals surface area contributed by atoms with E-state index in [-0.39, 0.29) is 38.0 Å². The number of aliphatic carboxylic acids is 2. The summed E-state index contributed by atoms with van der Waals surface area (Å²) >= 11 is 0. The summed E-state index contributed by atoms with van der Waals surface area (Å²) in [5.74, 6) is -9.09. The molecule has 3 heterocycles. The van der Waals surface area contributed by atoms with E-state index in [1.807, 2.05) is 24.3 Å². The number of nitrogens with two attached hydrogens (primary N) is 1. The molecule has 4 aromatic carbocycles. The van der Waals surface area contributed by atoms with Crippen molar-refractivity contribution < 1.29 is 58.5 Å². The van der Waals surface area contributed by atoms with E-state index in [0.717, 1.165) is 16.5 Å². The van der Waals surface area contributed by atoms with Crippen LogP contribution >= 0.6 is 0 Å². The highest BCUT2D eigenvalue weighted by Gasteiger charge is 2.35. The smallest absolute Gasteiger partial charge is 0.326 e. The molecule has 0 saturated heterocycles. The van der Waals surface area contributed by atoms with E-state index in [9.17, 15) is 58.5 Å². The fraction of sp³-hybridized carbons (Fsp3) is 0.339. The van der Waals surface area contributed by atoms with E-state index in [1.165, 1.54) is 6.92 Å². The molecule has 23 nitrogen and oxygen atoms in total. The molecule has 7 amide bonds. The van der Waals surface area contributed by atoms with Gasteiger partial charge in [0.05, 0.1) is 12.6 Å². The van der Waals surface area contributed by atoms with Crippen LogP contribution in [0.3, 0.4) is 0 Å². The van der Waals surface area contributed by atoms with E-state index in [2.05, 4.69) is 52.2 Å². The van der Waals surface area contributed by atoms with Gasteiger partial charge in [-0.3, -0.25) is 38.4 Å². The van der Waals surface area contributed by atoms with Crippen molar-refractivity contribution in [2.45, 2.75) is 114 Å². The lowest BCUT2D eigenvalue weighted by atomic mass is 9.99. The number of nitrogens with one attached hydrogen (secondary N) is 10. The average Bonchev–Trinajstić information content (AvgIpc) is 4.34. The van der Waals surface area contributed by atoms with Crippen LogP contribution in [0.15, 0.2) is 122 Å². The van der Waals surface area contributed by atoms with Crippen LogP contribution in [-0.2, 0) is 68.8 Å². The average molecular weight is 1120 g/mol. The number of aliphatic hydroxyl groups excluding tert-OH is 1. The molecule has 7 aromatic rings. The second kappa shape index (κ2) is 28.2. The van der Waals surface area contributed by atoms with E-state index in [0.29, 0.717) is 38.5 Å². The Bertz CT molecular complexity index is 3410. The first-order chi connectivity index (χ1) is 39.3. The molecule has 7 rings (SSSR count). The van der Waals surface area contributed by atoms with Crippen LogP contribution in [0.4, 0.5) is 0 Å². The standard InChI is InChI=1S/C59H69N11O12/c1-32(2)23-46(66-58(80)50(31-71)70-52(74)33(3)64-53(75)41(60)25-35-28-61-42-18-10-7-15-38(35)42)55(77)68-47(26-36-29-62-43-19-11-8-16-39(36)43)56(78)65-45(21-22-51(72)73)54(76)67-48(27-37-30-63-44-20-12-9-17-40(37)44)57(79)69-49(59(81)82)24-34-13-5-4-6-14-34/h4-20,28-30,32-33,41,45-50,61-63,71H,21-27,31,60H2,1-3H3,(H,64,75)(H,65,78)(H,66,80)(H,67,76)(H,68,77)(H,69,79)(H,70,74)(H,72,73)(H,81,82)/t33-,41-,45-,46-,47-,48-,49-,50-/m0/s1. The minimum Gasteiger partial charge on any atom is -0.481 e. The highest BCUT2D eigenvalue weighted by atomic mass is 16.4. The molecule has 0 bridgehead atoms. The molecule has 0 spiro atoms. The van der Waals surface area contributed by atoms with Gasteiger partial charge >= 0.3 is 11.9 Å². The lowest BCUT2D eigenvalue weighted by molar-refractivity contribution is -0.142. The normalized spacial score (nSPS) is 14.3. The number of benzene rings is 4. The molecule has 0 fully saturated rings. The van der Waals surface area contributed by atoms with Gasteiger partial charge in [0.2, 0.25) is 41.4 Å². The van der Waals surface area contributed by atoms with Crippen LogP contribution < -0.4 is 43.0 Å². The molecule has 0 aliphatic heterocycles. The zero-order valence-corrected chi connectivity index (χ0v) is 45.5. The summed E-state index contributed by atoms with van der Waals surface area (Å²) in [5.41, 5.74) is 11.0. The van der Waals surface area contributed by atoms with Crippen molar-refractivity contribution in [1.82, 2.24) is 52.2 Å². The van der Waals surface area contributed by atoms with Gasteiger partial charge in [-0.1, -0.05) is 98.8 Å². The number of aliphatic hydroxyl groups is 1. The molecule has 432 valence electrons. The topological polar surface area (TPSA) is 372 Å². The van der Waals surface area contributed by atoms with Crippen LogP contribution in [-0.4, -0.2) is 139 Å². The number of carboxylic acids is 2. The summed E-state index contributed by atoms with van der Waals surface area (Å²) in [4.78, 5) is 132. The maximum Gasteiger partial charge on any atom is 0.326 e. The van der Waals surface area contributed by atoms with Crippen molar-refractivity contribution in [3.63, 3.8) is 0 Å². The third-order valence-electron chi connectivity index (χ3n) is 14.0. The molecule has 0 saturated carbocycles. The van der Waals surface area contributed by atoms with Gasteiger partial charge < -0.3 is 73.2 Å². The lowest BCUT2D eigenvalue weighted by Crippen LogP contribution is -2.61. The maximum atomic E-state index is 14.8. The quantitative estimate of drug-likeness (QED) is 0.0320. The van der Waals surface area contributed by atoms with Gasteiger partial charge in [0.25, 0.3) is 0 Å². The predicted octanol–water partition coefficient (Wildman–Crippen LogP) is 2.13. The van der Waals surface area contributed by atoms with Gasteiger partial charge in [0.1, 0.15) is 42.3 Å².